The molecule has 34 heavy (non-hydrogen) atoms. The Morgan fingerprint density at radius 2 is 1.62 bits per heavy atom. The van der Waals surface area contributed by atoms with Crippen molar-refractivity contribution in [3.8, 4) is 0 Å². The summed E-state index contributed by atoms with van der Waals surface area (Å²) in [5.41, 5.74) is 4.13. The number of hydrogen-bond acceptors (Lipinski definition) is 5. The van der Waals surface area contributed by atoms with Gasteiger partial charge in [0.05, 0.1) is 29.6 Å². The van der Waals surface area contributed by atoms with Gasteiger partial charge in [0, 0.05) is 30.9 Å². The molecule has 2 aliphatic rings. The van der Waals surface area contributed by atoms with E-state index in [4.69, 9.17) is 16.3 Å². The SMILES string of the molecule is O=C(Nc1ccccc1N1CCc2ccccc21)c1ccc(Cl)c(S(=O)(=O)N2CCOCC2)c1. The van der Waals surface area contributed by atoms with E-state index in [1.165, 1.54) is 28.1 Å². The van der Waals surface area contributed by atoms with Gasteiger partial charge in [-0.05, 0) is 48.4 Å². The Kier molecular flexibility index (Phi) is 6.31. The molecule has 176 valence electrons. The van der Waals surface area contributed by atoms with Gasteiger partial charge in [-0.2, -0.15) is 4.31 Å². The molecule has 3 aromatic rings. The Hall–Kier alpha value is -2.91. The molecule has 0 atom stereocenters. The van der Waals surface area contributed by atoms with Gasteiger partial charge in [0.15, 0.2) is 0 Å². The van der Waals surface area contributed by atoms with Crippen LogP contribution in [0.2, 0.25) is 5.02 Å². The van der Waals surface area contributed by atoms with Gasteiger partial charge in [0.1, 0.15) is 4.90 Å². The van der Waals surface area contributed by atoms with E-state index in [1.807, 2.05) is 36.4 Å². The first-order valence-corrected chi connectivity index (χ1v) is 12.9. The number of nitrogens with one attached hydrogen (secondary N) is 1. The van der Waals surface area contributed by atoms with Crippen molar-refractivity contribution in [3.05, 3.63) is 82.9 Å². The van der Waals surface area contributed by atoms with Gasteiger partial charge >= 0.3 is 0 Å². The van der Waals surface area contributed by atoms with E-state index in [-0.39, 0.29) is 28.6 Å². The molecule has 0 unspecified atom stereocenters. The molecule has 0 radical (unpaired) electrons. The van der Waals surface area contributed by atoms with Gasteiger partial charge in [-0.25, -0.2) is 8.42 Å². The number of anilines is 3. The van der Waals surface area contributed by atoms with Crippen LogP contribution >= 0.6 is 11.6 Å². The van der Waals surface area contributed by atoms with Crippen LogP contribution < -0.4 is 10.2 Å². The Bertz CT molecular complexity index is 1340. The average molecular weight is 498 g/mol. The molecule has 0 saturated carbocycles. The normalized spacial score (nSPS) is 16.3. The lowest BCUT2D eigenvalue weighted by molar-refractivity contribution is 0.0730. The van der Waals surface area contributed by atoms with Crippen LogP contribution in [0.15, 0.2) is 71.6 Å². The summed E-state index contributed by atoms with van der Waals surface area (Å²) in [6.45, 7) is 1.97. The minimum Gasteiger partial charge on any atom is -0.379 e. The number of ether oxygens (including phenoxy) is 1. The van der Waals surface area contributed by atoms with E-state index in [2.05, 4.69) is 22.3 Å². The van der Waals surface area contributed by atoms with E-state index in [9.17, 15) is 13.2 Å². The molecule has 0 aliphatic carbocycles. The standard InChI is InChI=1S/C25H24ClN3O4S/c26-20-10-9-19(17-24(20)34(31,32)28-13-15-33-16-14-28)25(30)27-21-6-2-4-8-23(21)29-12-11-18-5-1-3-7-22(18)29/h1-10,17H,11-16H2,(H,27,30). The van der Waals surface area contributed by atoms with E-state index in [0.29, 0.717) is 18.9 Å². The second kappa shape index (κ2) is 9.38. The lowest BCUT2D eigenvalue weighted by Crippen LogP contribution is -2.40. The van der Waals surface area contributed by atoms with Crippen molar-refractivity contribution in [3.63, 3.8) is 0 Å². The van der Waals surface area contributed by atoms with Crippen molar-refractivity contribution in [2.45, 2.75) is 11.3 Å². The van der Waals surface area contributed by atoms with E-state index >= 15 is 0 Å². The van der Waals surface area contributed by atoms with Gasteiger partial charge in [-0.1, -0.05) is 41.9 Å². The maximum Gasteiger partial charge on any atom is 0.255 e. The summed E-state index contributed by atoms with van der Waals surface area (Å²) >= 11 is 6.25. The molecular formula is C25H24ClN3O4S. The van der Waals surface area contributed by atoms with Crippen LogP contribution in [0, 0.1) is 0 Å². The smallest absolute Gasteiger partial charge is 0.255 e. The highest BCUT2D eigenvalue weighted by Crippen LogP contribution is 2.38. The molecule has 0 bridgehead atoms. The number of sulfonamides is 1. The maximum absolute atomic E-state index is 13.2. The third-order valence-electron chi connectivity index (χ3n) is 6.11. The third kappa shape index (κ3) is 4.30. The van der Waals surface area contributed by atoms with Gasteiger partial charge in [0.2, 0.25) is 10.0 Å². The second-order valence-corrected chi connectivity index (χ2v) is 10.5. The first-order valence-electron chi connectivity index (χ1n) is 11.1. The molecule has 1 saturated heterocycles. The Balaban J connectivity index is 1.43. The Morgan fingerprint density at radius 3 is 2.41 bits per heavy atom. The number of hydrogen-bond donors (Lipinski definition) is 1. The summed E-state index contributed by atoms with van der Waals surface area (Å²) in [6.07, 6.45) is 0.929. The number of rotatable bonds is 5. The second-order valence-electron chi connectivity index (χ2n) is 8.16. The fourth-order valence-electron chi connectivity index (χ4n) is 4.37. The van der Waals surface area contributed by atoms with Gasteiger partial charge in [-0.3, -0.25) is 4.79 Å². The molecule has 5 rings (SSSR count). The largest absolute Gasteiger partial charge is 0.379 e. The Labute approximate surface area is 203 Å². The van der Waals surface area contributed by atoms with Crippen LogP contribution in [0.1, 0.15) is 15.9 Å². The highest BCUT2D eigenvalue weighted by molar-refractivity contribution is 7.89. The van der Waals surface area contributed by atoms with Crippen molar-refractivity contribution >= 4 is 44.6 Å². The van der Waals surface area contributed by atoms with Crippen molar-refractivity contribution in [1.29, 1.82) is 0 Å². The quantitative estimate of drug-likeness (QED) is 0.568. The Morgan fingerprint density at radius 1 is 0.912 bits per heavy atom. The number of amides is 1. The predicted octanol–water partition coefficient (Wildman–Crippen LogP) is 4.31. The van der Waals surface area contributed by atoms with Crippen LogP contribution in [-0.2, 0) is 21.2 Å². The average Bonchev–Trinajstić information content (AvgIpc) is 3.29. The molecule has 9 heteroatoms. The topological polar surface area (TPSA) is 79.0 Å². The van der Waals surface area contributed by atoms with Crippen molar-refractivity contribution in [1.82, 2.24) is 4.31 Å². The number of para-hydroxylation sites is 3. The summed E-state index contributed by atoms with van der Waals surface area (Å²) < 4.78 is 32.9. The van der Waals surface area contributed by atoms with Crippen LogP contribution in [0.3, 0.4) is 0 Å². The van der Waals surface area contributed by atoms with Gasteiger partial charge in [0.25, 0.3) is 5.91 Å². The van der Waals surface area contributed by atoms with Crippen LogP contribution in [0.25, 0.3) is 0 Å². The summed E-state index contributed by atoms with van der Waals surface area (Å²) in [4.78, 5) is 15.3. The number of carbonyl (C=O) groups excluding carboxylic acids is 1. The van der Waals surface area contributed by atoms with E-state index in [1.54, 1.807) is 0 Å². The zero-order chi connectivity index (χ0) is 23.7. The zero-order valence-electron chi connectivity index (χ0n) is 18.4. The van der Waals surface area contributed by atoms with Crippen LogP contribution in [0.4, 0.5) is 17.1 Å². The number of carbonyl (C=O) groups is 1. The minimum absolute atomic E-state index is 0.0783. The van der Waals surface area contributed by atoms with E-state index < -0.39 is 15.9 Å². The number of fused-ring (bicyclic) bond motifs is 1. The molecular weight excluding hydrogens is 474 g/mol. The molecule has 3 aromatic carbocycles. The number of benzene rings is 3. The number of morpholine rings is 1. The minimum atomic E-state index is -3.84. The summed E-state index contributed by atoms with van der Waals surface area (Å²) in [5, 5.41) is 3.04. The fourth-order valence-corrected chi connectivity index (χ4v) is 6.27. The molecule has 0 aromatic heterocycles. The van der Waals surface area contributed by atoms with Gasteiger partial charge < -0.3 is 15.0 Å². The third-order valence-corrected chi connectivity index (χ3v) is 8.49. The van der Waals surface area contributed by atoms with Gasteiger partial charge in [-0.15, -0.1) is 0 Å². The van der Waals surface area contributed by atoms with Crippen LogP contribution in [0.5, 0.6) is 0 Å². The molecule has 2 aliphatic heterocycles. The monoisotopic (exact) mass is 497 g/mol. The first-order chi connectivity index (χ1) is 16.4. The molecule has 0 spiro atoms. The summed E-state index contributed by atoms with van der Waals surface area (Å²) in [6, 6.07) is 20.1. The molecule has 1 fully saturated rings. The summed E-state index contributed by atoms with van der Waals surface area (Å²) in [7, 11) is -3.84. The van der Waals surface area contributed by atoms with E-state index in [0.717, 1.165) is 24.3 Å². The summed E-state index contributed by atoms with van der Waals surface area (Å²) in [5.74, 6) is -0.407. The highest BCUT2D eigenvalue weighted by Gasteiger charge is 2.29. The van der Waals surface area contributed by atoms with Crippen molar-refractivity contribution < 1.29 is 17.9 Å². The first kappa shape index (κ1) is 22.9. The molecule has 7 nitrogen and oxygen atoms in total. The highest BCUT2D eigenvalue weighted by atomic mass is 35.5. The van der Waals surface area contributed by atoms with Crippen LogP contribution in [-0.4, -0.2) is 51.5 Å². The fraction of sp³-hybridized carbons (Fsp3) is 0.240. The molecule has 1 N–H and O–H groups in total. The van der Waals surface area contributed by atoms with Crippen molar-refractivity contribution in [2.24, 2.45) is 0 Å². The number of nitrogens with zero attached hydrogens (tertiary/aromatic N) is 2. The van der Waals surface area contributed by atoms with Crippen molar-refractivity contribution in [2.75, 3.05) is 43.1 Å². The lowest BCUT2D eigenvalue weighted by atomic mass is 10.1. The zero-order valence-corrected chi connectivity index (χ0v) is 20.0. The molecule has 2 heterocycles. The molecule has 1 amide bonds. The number of halogens is 1. The lowest BCUT2D eigenvalue weighted by Gasteiger charge is -2.26. The predicted molar refractivity (Wildman–Crippen MR) is 133 cm³/mol. The maximum atomic E-state index is 13.2.